The van der Waals surface area contributed by atoms with Crippen LogP contribution in [-0.4, -0.2) is 27.8 Å². The van der Waals surface area contributed by atoms with Crippen molar-refractivity contribution in [3.8, 4) is 0 Å². The van der Waals surface area contributed by atoms with E-state index in [1.807, 2.05) is 12.1 Å². The van der Waals surface area contributed by atoms with Gasteiger partial charge in [-0.3, -0.25) is 14.6 Å². The minimum atomic E-state index is -0.262. The van der Waals surface area contributed by atoms with Crippen molar-refractivity contribution < 1.29 is 14.3 Å². The van der Waals surface area contributed by atoms with Crippen LogP contribution >= 0.6 is 15.9 Å². The van der Waals surface area contributed by atoms with E-state index in [1.54, 1.807) is 12.4 Å². The second-order valence-corrected chi connectivity index (χ2v) is 7.10. The summed E-state index contributed by atoms with van der Waals surface area (Å²) in [7, 11) is 0. The topological polar surface area (TPSA) is 68.3 Å². The maximum absolute atomic E-state index is 12.5. The van der Waals surface area contributed by atoms with Crippen molar-refractivity contribution in [2.45, 2.75) is 23.9 Å². The van der Waals surface area contributed by atoms with Crippen LogP contribution in [0, 0.1) is 23.7 Å². The molecule has 2 saturated carbocycles. The Morgan fingerprint density at radius 1 is 1.48 bits per heavy atom. The molecule has 2 aliphatic carbocycles. The first-order valence-corrected chi connectivity index (χ1v) is 8.09. The monoisotopic (exact) mass is 350 g/mol. The Bertz CT molecular complexity index is 594. The number of nitrogens with one attached hydrogen (secondary N) is 1. The summed E-state index contributed by atoms with van der Waals surface area (Å²) in [5.74, 6) is -0.342. The highest BCUT2D eigenvalue weighted by Gasteiger charge is 2.67. The van der Waals surface area contributed by atoms with E-state index < -0.39 is 0 Å². The average molecular weight is 351 g/mol. The first-order chi connectivity index (χ1) is 10.2. The molecule has 2 heterocycles. The van der Waals surface area contributed by atoms with Crippen molar-refractivity contribution in [3.63, 3.8) is 0 Å². The molecule has 0 spiro atoms. The second kappa shape index (κ2) is 4.80. The molecule has 3 aliphatic rings. The summed E-state index contributed by atoms with van der Waals surface area (Å²) >= 11 is 3.61. The van der Waals surface area contributed by atoms with Crippen LogP contribution in [0.2, 0.25) is 0 Å². The van der Waals surface area contributed by atoms with Crippen LogP contribution in [0.25, 0.3) is 0 Å². The Labute approximate surface area is 130 Å². The predicted molar refractivity (Wildman–Crippen MR) is 77.3 cm³/mol. The number of nitrogens with zero attached hydrogens (tertiary/aromatic N) is 1. The Balaban J connectivity index is 1.49. The van der Waals surface area contributed by atoms with Crippen LogP contribution in [0.3, 0.4) is 0 Å². The smallest absolute Gasteiger partial charge is 0.310 e. The van der Waals surface area contributed by atoms with Crippen molar-refractivity contribution >= 4 is 27.8 Å². The molecule has 0 unspecified atom stereocenters. The summed E-state index contributed by atoms with van der Waals surface area (Å²) in [4.78, 5) is 28.7. The molecule has 2 bridgehead atoms. The summed E-state index contributed by atoms with van der Waals surface area (Å²) in [6.45, 7) is 0.443. The largest absolute Gasteiger partial charge is 0.461 e. The standard InChI is InChI=1S/C15H15BrN2O3/c16-12-8-4-9-11(15(20)21-13(9)12)10(8)14(19)18-6-7-2-1-3-17-5-7/h1-3,5,8-13H,4,6H2,(H,18,19)/t8-,9-,10-,11+,12+,13+/m1/s1. The third-order valence-corrected chi connectivity index (χ3v) is 6.22. The quantitative estimate of drug-likeness (QED) is 0.658. The van der Waals surface area contributed by atoms with E-state index in [4.69, 9.17) is 4.74 Å². The van der Waals surface area contributed by atoms with Gasteiger partial charge in [0.15, 0.2) is 0 Å². The van der Waals surface area contributed by atoms with E-state index in [-0.39, 0.29) is 46.5 Å². The molecule has 6 atom stereocenters. The van der Waals surface area contributed by atoms with E-state index in [1.165, 1.54) is 0 Å². The van der Waals surface area contributed by atoms with Crippen molar-refractivity contribution in [1.82, 2.24) is 10.3 Å². The van der Waals surface area contributed by atoms with Crippen LogP contribution < -0.4 is 5.32 Å². The Morgan fingerprint density at radius 3 is 3.10 bits per heavy atom. The van der Waals surface area contributed by atoms with Gasteiger partial charge in [0.25, 0.3) is 0 Å². The van der Waals surface area contributed by atoms with Crippen molar-refractivity contribution in [2.24, 2.45) is 23.7 Å². The van der Waals surface area contributed by atoms with Crippen molar-refractivity contribution in [2.75, 3.05) is 0 Å². The van der Waals surface area contributed by atoms with Crippen LogP contribution in [0.1, 0.15) is 12.0 Å². The molecular weight excluding hydrogens is 336 g/mol. The van der Waals surface area contributed by atoms with Crippen LogP contribution in [0.15, 0.2) is 24.5 Å². The lowest BCUT2D eigenvalue weighted by Crippen LogP contribution is -2.43. The number of aromatic nitrogens is 1. The van der Waals surface area contributed by atoms with E-state index in [9.17, 15) is 9.59 Å². The Kier molecular flexibility index (Phi) is 3.03. The molecule has 1 saturated heterocycles. The third kappa shape index (κ3) is 1.92. The van der Waals surface area contributed by atoms with Gasteiger partial charge in [0.2, 0.25) is 5.91 Å². The minimum absolute atomic E-state index is 0.0325. The highest BCUT2D eigenvalue weighted by atomic mass is 79.9. The summed E-state index contributed by atoms with van der Waals surface area (Å²) in [6.07, 6.45) is 4.30. The number of carbonyl (C=O) groups excluding carboxylic acids is 2. The van der Waals surface area contributed by atoms with Crippen molar-refractivity contribution in [1.29, 1.82) is 0 Å². The number of hydrogen-bond donors (Lipinski definition) is 1. The Morgan fingerprint density at radius 2 is 2.33 bits per heavy atom. The molecule has 3 fully saturated rings. The van der Waals surface area contributed by atoms with Crippen LogP contribution in [0.5, 0.6) is 0 Å². The summed E-state index contributed by atoms with van der Waals surface area (Å²) < 4.78 is 5.42. The second-order valence-electron chi connectivity index (χ2n) is 6.04. The highest BCUT2D eigenvalue weighted by Crippen LogP contribution is 2.59. The van der Waals surface area contributed by atoms with Gasteiger partial charge < -0.3 is 10.1 Å². The van der Waals surface area contributed by atoms with Gasteiger partial charge in [-0.05, 0) is 24.0 Å². The van der Waals surface area contributed by atoms with Gasteiger partial charge >= 0.3 is 5.97 Å². The molecule has 0 aromatic carbocycles. The van der Waals surface area contributed by atoms with Gasteiger partial charge in [-0.2, -0.15) is 0 Å². The third-order valence-electron chi connectivity index (χ3n) is 5.02. The molecule has 1 amide bonds. The fraction of sp³-hybridized carbons (Fsp3) is 0.533. The molecule has 110 valence electrons. The lowest BCUT2D eigenvalue weighted by molar-refractivity contribution is -0.145. The molecule has 1 N–H and O–H groups in total. The number of rotatable bonds is 3. The van der Waals surface area contributed by atoms with Gasteiger partial charge in [0, 0.05) is 24.9 Å². The van der Waals surface area contributed by atoms with E-state index in [2.05, 4.69) is 26.2 Å². The molecule has 1 aromatic rings. The molecule has 5 nitrogen and oxygen atoms in total. The lowest BCUT2D eigenvalue weighted by atomic mass is 9.79. The summed E-state index contributed by atoms with van der Waals surface area (Å²) in [5.41, 5.74) is 0.955. The molecule has 6 heteroatoms. The van der Waals surface area contributed by atoms with Crippen LogP contribution in [0.4, 0.5) is 0 Å². The molecule has 0 radical (unpaired) electrons. The molecule has 1 aliphatic heterocycles. The van der Waals surface area contributed by atoms with Gasteiger partial charge in [0.05, 0.1) is 16.7 Å². The number of esters is 1. The lowest BCUT2D eigenvalue weighted by Gasteiger charge is -2.27. The maximum atomic E-state index is 12.5. The predicted octanol–water partition coefficient (Wildman–Crippen LogP) is 1.27. The normalized spacial score (nSPS) is 39.4. The fourth-order valence-corrected chi connectivity index (χ4v) is 5.18. The number of ether oxygens (including phenoxy) is 1. The number of fused-ring (bicyclic) bond motifs is 1. The van der Waals surface area contributed by atoms with Gasteiger partial charge in [-0.25, -0.2) is 0 Å². The molecule has 4 rings (SSSR count). The molecular formula is C15H15BrN2O3. The number of halogens is 1. The van der Waals surface area contributed by atoms with Crippen LogP contribution in [-0.2, 0) is 20.9 Å². The summed E-state index contributed by atoms with van der Waals surface area (Å²) in [6, 6.07) is 3.76. The minimum Gasteiger partial charge on any atom is -0.461 e. The van der Waals surface area contributed by atoms with E-state index >= 15 is 0 Å². The first-order valence-electron chi connectivity index (χ1n) is 7.18. The van der Waals surface area contributed by atoms with Gasteiger partial charge in [-0.15, -0.1) is 0 Å². The van der Waals surface area contributed by atoms with E-state index in [0.29, 0.717) is 6.54 Å². The number of hydrogen-bond acceptors (Lipinski definition) is 4. The zero-order valence-corrected chi connectivity index (χ0v) is 12.8. The zero-order chi connectivity index (χ0) is 14.6. The molecule has 21 heavy (non-hydrogen) atoms. The SMILES string of the molecule is O=C(NCc1cccnc1)[C@@H]1[C@H]2C[C@H]3[C@H](OC(=O)[C@@H]31)[C@H]2Br. The van der Waals surface area contributed by atoms with Crippen molar-refractivity contribution in [3.05, 3.63) is 30.1 Å². The van der Waals surface area contributed by atoms with E-state index in [0.717, 1.165) is 12.0 Å². The zero-order valence-electron chi connectivity index (χ0n) is 11.2. The number of pyridine rings is 1. The maximum Gasteiger partial charge on any atom is 0.310 e. The average Bonchev–Trinajstić information content (AvgIpc) is 3.10. The highest BCUT2D eigenvalue weighted by molar-refractivity contribution is 9.09. The first kappa shape index (κ1) is 13.2. The number of amides is 1. The van der Waals surface area contributed by atoms with Gasteiger partial charge in [-0.1, -0.05) is 22.0 Å². The summed E-state index contributed by atoms with van der Waals surface area (Å²) in [5, 5.41) is 2.94. The number of alkyl halides is 1. The fourth-order valence-electron chi connectivity index (χ4n) is 4.14. The molecule has 1 aromatic heterocycles. The Hall–Kier alpha value is -1.43. The number of carbonyl (C=O) groups is 2. The van der Waals surface area contributed by atoms with Gasteiger partial charge in [0.1, 0.15) is 6.10 Å².